The van der Waals surface area contributed by atoms with Crippen LogP contribution in [0.15, 0.2) is 48.7 Å². The smallest absolute Gasteiger partial charge is 0.239 e. The lowest BCUT2D eigenvalue weighted by molar-refractivity contribution is -0.115. The van der Waals surface area contributed by atoms with Crippen LogP contribution in [0.3, 0.4) is 0 Å². The first kappa shape index (κ1) is 18.9. The molecular weight excluding hydrogens is 342 g/mol. The van der Waals surface area contributed by atoms with Crippen molar-refractivity contribution in [3.8, 4) is 11.6 Å². The van der Waals surface area contributed by atoms with E-state index in [1.54, 1.807) is 12.1 Å². The molecule has 2 aromatic rings. The lowest BCUT2D eigenvalue weighted by Crippen LogP contribution is -2.34. The molecule has 0 fully saturated rings. The highest BCUT2D eigenvalue weighted by Gasteiger charge is 2.12. The molecule has 0 atom stereocenters. The molecule has 1 amide bonds. The lowest BCUT2D eigenvalue weighted by atomic mass is 10.3. The number of pyridine rings is 1. The van der Waals surface area contributed by atoms with Gasteiger partial charge in [-0.3, -0.25) is 4.79 Å². The molecule has 0 spiro atoms. The molecule has 1 aromatic heterocycles. The molecule has 2 rings (SSSR count). The van der Waals surface area contributed by atoms with Gasteiger partial charge in [0.2, 0.25) is 21.8 Å². The van der Waals surface area contributed by atoms with Gasteiger partial charge in [0.1, 0.15) is 5.75 Å². The normalized spacial score (nSPS) is 11.1. The van der Waals surface area contributed by atoms with E-state index >= 15 is 0 Å². The summed E-state index contributed by atoms with van der Waals surface area (Å²) in [5.74, 6) is 0.612. The van der Waals surface area contributed by atoms with E-state index in [9.17, 15) is 13.2 Å². The van der Waals surface area contributed by atoms with Crippen LogP contribution in [0.1, 0.15) is 19.8 Å². The van der Waals surface area contributed by atoms with Crippen LogP contribution < -0.4 is 14.8 Å². The Morgan fingerprint density at radius 2 is 1.92 bits per heavy atom. The van der Waals surface area contributed by atoms with Crippen molar-refractivity contribution in [2.24, 2.45) is 0 Å². The van der Waals surface area contributed by atoms with E-state index in [0.29, 0.717) is 23.7 Å². The minimum Gasteiger partial charge on any atom is -0.439 e. The van der Waals surface area contributed by atoms with Gasteiger partial charge in [-0.15, -0.1) is 0 Å². The highest BCUT2D eigenvalue weighted by atomic mass is 32.2. The Balaban J connectivity index is 1.83. The van der Waals surface area contributed by atoms with Crippen LogP contribution in [0.2, 0.25) is 0 Å². The summed E-state index contributed by atoms with van der Waals surface area (Å²) < 4.78 is 31.1. The van der Waals surface area contributed by atoms with Crippen molar-refractivity contribution in [1.29, 1.82) is 0 Å². The Labute approximate surface area is 147 Å². The largest absolute Gasteiger partial charge is 0.439 e. The third-order valence-electron chi connectivity index (χ3n) is 3.20. The lowest BCUT2D eigenvalue weighted by Gasteiger charge is -2.08. The minimum absolute atomic E-state index is 0.0177. The van der Waals surface area contributed by atoms with Gasteiger partial charge in [-0.05, 0) is 24.6 Å². The number of sulfonamides is 1. The van der Waals surface area contributed by atoms with E-state index in [0.717, 1.165) is 6.42 Å². The van der Waals surface area contributed by atoms with Crippen LogP contribution in [0.5, 0.6) is 11.6 Å². The van der Waals surface area contributed by atoms with Gasteiger partial charge in [-0.1, -0.05) is 31.5 Å². The monoisotopic (exact) mass is 363 g/mol. The van der Waals surface area contributed by atoms with Gasteiger partial charge in [-0.2, -0.15) is 0 Å². The summed E-state index contributed by atoms with van der Waals surface area (Å²) in [5.41, 5.74) is 0.457. The van der Waals surface area contributed by atoms with E-state index in [1.165, 1.54) is 6.20 Å². The van der Waals surface area contributed by atoms with Crippen LogP contribution in [0, 0.1) is 0 Å². The van der Waals surface area contributed by atoms with Gasteiger partial charge in [0.25, 0.3) is 0 Å². The number of nitrogens with one attached hydrogen (secondary N) is 2. The molecule has 1 aromatic carbocycles. The SMILES string of the molecule is CCCCS(=O)(=O)NCC(=O)Nc1ccc(Oc2ccccc2)nc1. The number of carbonyl (C=O) groups excluding carboxylic acids is 1. The molecule has 2 N–H and O–H groups in total. The number of hydrogen-bond acceptors (Lipinski definition) is 5. The van der Waals surface area contributed by atoms with Gasteiger partial charge in [0.05, 0.1) is 24.2 Å². The Kier molecular flexibility index (Phi) is 6.91. The highest BCUT2D eigenvalue weighted by molar-refractivity contribution is 7.89. The van der Waals surface area contributed by atoms with Gasteiger partial charge in [-0.25, -0.2) is 18.1 Å². The Morgan fingerprint density at radius 1 is 1.16 bits per heavy atom. The summed E-state index contributed by atoms with van der Waals surface area (Å²) in [4.78, 5) is 15.9. The van der Waals surface area contributed by atoms with E-state index < -0.39 is 15.9 Å². The summed E-state index contributed by atoms with van der Waals surface area (Å²) in [7, 11) is -3.42. The molecule has 0 aliphatic rings. The van der Waals surface area contributed by atoms with E-state index in [2.05, 4.69) is 15.0 Å². The number of ether oxygens (including phenoxy) is 1. The molecule has 25 heavy (non-hydrogen) atoms. The number of nitrogens with zero attached hydrogens (tertiary/aromatic N) is 1. The third-order valence-corrected chi connectivity index (χ3v) is 4.62. The molecule has 1 heterocycles. The fourth-order valence-corrected chi connectivity index (χ4v) is 3.08. The van der Waals surface area contributed by atoms with Crippen molar-refractivity contribution in [3.63, 3.8) is 0 Å². The van der Waals surface area contributed by atoms with Gasteiger partial charge in [0, 0.05) is 6.07 Å². The molecule has 0 unspecified atom stereocenters. The van der Waals surface area contributed by atoms with Crippen molar-refractivity contribution >= 4 is 21.6 Å². The second-order valence-electron chi connectivity index (χ2n) is 5.34. The minimum atomic E-state index is -3.42. The van der Waals surface area contributed by atoms with Gasteiger partial charge < -0.3 is 10.1 Å². The maximum Gasteiger partial charge on any atom is 0.239 e. The number of para-hydroxylation sites is 1. The molecule has 0 saturated carbocycles. The van der Waals surface area contributed by atoms with Crippen LogP contribution in [0.4, 0.5) is 5.69 Å². The summed E-state index contributed by atoms with van der Waals surface area (Å²) in [5, 5.41) is 2.58. The van der Waals surface area contributed by atoms with Crippen molar-refractivity contribution in [2.75, 3.05) is 17.6 Å². The first-order valence-corrected chi connectivity index (χ1v) is 9.60. The molecule has 134 valence electrons. The Hall–Kier alpha value is -2.45. The molecule has 0 radical (unpaired) electrons. The van der Waals surface area contributed by atoms with Gasteiger partial charge >= 0.3 is 0 Å². The van der Waals surface area contributed by atoms with Crippen LogP contribution >= 0.6 is 0 Å². The molecule has 0 saturated heterocycles. The maximum atomic E-state index is 11.8. The zero-order chi connectivity index (χ0) is 18.1. The third kappa shape index (κ3) is 6.90. The molecule has 0 bridgehead atoms. The van der Waals surface area contributed by atoms with E-state index in [4.69, 9.17) is 4.74 Å². The standard InChI is InChI=1S/C17H21N3O4S/c1-2-3-11-25(22,23)19-13-16(21)20-14-9-10-17(18-12-14)24-15-7-5-4-6-8-15/h4-10,12,19H,2-3,11,13H2,1H3,(H,20,21). The number of carbonyl (C=O) groups is 1. The quantitative estimate of drug-likeness (QED) is 0.713. The fraction of sp³-hybridized carbons (Fsp3) is 0.294. The second-order valence-corrected chi connectivity index (χ2v) is 7.27. The van der Waals surface area contributed by atoms with Gasteiger partial charge in [0.15, 0.2) is 0 Å². The number of anilines is 1. The van der Waals surface area contributed by atoms with Crippen molar-refractivity contribution < 1.29 is 17.9 Å². The van der Waals surface area contributed by atoms with E-state index in [1.807, 2.05) is 37.3 Å². The predicted molar refractivity (Wildman–Crippen MR) is 96.1 cm³/mol. The number of amides is 1. The zero-order valence-electron chi connectivity index (χ0n) is 13.9. The number of aromatic nitrogens is 1. The number of rotatable bonds is 9. The predicted octanol–water partition coefficient (Wildman–Crippen LogP) is 2.53. The topological polar surface area (TPSA) is 97.4 Å². The second kappa shape index (κ2) is 9.14. The van der Waals surface area contributed by atoms with Crippen molar-refractivity contribution in [3.05, 3.63) is 48.7 Å². The first-order valence-electron chi connectivity index (χ1n) is 7.94. The van der Waals surface area contributed by atoms with Crippen LogP contribution in [-0.4, -0.2) is 31.6 Å². The van der Waals surface area contributed by atoms with Crippen molar-refractivity contribution in [1.82, 2.24) is 9.71 Å². The Morgan fingerprint density at radius 3 is 2.56 bits per heavy atom. The summed E-state index contributed by atoms with van der Waals surface area (Å²) in [6.07, 6.45) is 2.78. The highest BCUT2D eigenvalue weighted by Crippen LogP contribution is 2.19. The number of unbranched alkanes of at least 4 members (excludes halogenated alkanes) is 1. The average molecular weight is 363 g/mol. The zero-order valence-corrected chi connectivity index (χ0v) is 14.8. The number of hydrogen-bond donors (Lipinski definition) is 2. The molecular formula is C17H21N3O4S. The van der Waals surface area contributed by atoms with Crippen LogP contribution in [-0.2, 0) is 14.8 Å². The summed E-state index contributed by atoms with van der Waals surface area (Å²) in [6, 6.07) is 12.5. The maximum absolute atomic E-state index is 11.8. The molecule has 8 heteroatoms. The summed E-state index contributed by atoms with van der Waals surface area (Å²) >= 11 is 0. The molecule has 0 aliphatic heterocycles. The summed E-state index contributed by atoms with van der Waals surface area (Å²) in [6.45, 7) is 1.59. The first-order chi connectivity index (χ1) is 12.0. The van der Waals surface area contributed by atoms with E-state index in [-0.39, 0.29) is 12.3 Å². The van der Waals surface area contributed by atoms with Crippen molar-refractivity contribution in [2.45, 2.75) is 19.8 Å². The fourth-order valence-electron chi connectivity index (χ4n) is 1.91. The number of benzene rings is 1. The molecule has 0 aliphatic carbocycles. The van der Waals surface area contributed by atoms with Crippen LogP contribution in [0.25, 0.3) is 0 Å². The average Bonchev–Trinajstić information content (AvgIpc) is 2.61. The Bertz CT molecular complexity index is 777. The molecule has 7 nitrogen and oxygen atoms in total.